The number of amides is 1. The molecule has 1 aliphatic heterocycles. The molecule has 84 valence electrons. The molecule has 2 aliphatic rings. The van der Waals surface area contributed by atoms with E-state index in [0.29, 0.717) is 26.2 Å². The van der Waals surface area contributed by atoms with Gasteiger partial charge in [-0.15, -0.1) is 0 Å². The Morgan fingerprint density at radius 3 is 2.87 bits per heavy atom. The van der Waals surface area contributed by atoms with Crippen LogP contribution in [0, 0.1) is 5.92 Å². The Morgan fingerprint density at radius 2 is 2.27 bits per heavy atom. The number of aliphatic hydroxyl groups is 1. The van der Waals surface area contributed by atoms with Crippen LogP contribution in [-0.2, 0) is 9.53 Å². The van der Waals surface area contributed by atoms with Gasteiger partial charge in [0.2, 0.25) is 5.91 Å². The van der Waals surface area contributed by atoms with E-state index in [0.717, 1.165) is 12.8 Å². The second kappa shape index (κ2) is 4.33. The van der Waals surface area contributed by atoms with Crippen LogP contribution in [0.5, 0.6) is 0 Å². The van der Waals surface area contributed by atoms with Crippen LogP contribution >= 0.6 is 0 Å². The van der Waals surface area contributed by atoms with Crippen molar-refractivity contribution in [3.8, 4) is 0 Å². The average Bonchev–Trinajstić information content (AvgIpc) is 2.85. The quantitative estimate of drug-likeness (QED) is 0.657. The van der Waals surface area contributed by atoms with Gasteiger partial charge in [0.05, 0.1) is 6.61 Å². The van der Waals surface area contributed by atoms with Crippen LogP contribution < -0.4 is 5.32 Å². The van der Waals surface area contributed by atoms with E-state index >= 15 is 0 Å². The number of carbonyl (C=O) groups is 1. The van der Waals surface area contributed by atoms with Gasteiger partial charge in [0.25, 0.3) is 0 Å². The predicted octanol–water partition coefficient (Wildman–Crippen LogP) is 0.220. The SMILES string of the molecule is O=C(NCC1(O)CCOC1)C1CC=CC1. The van der Waals surface area contributed by atoms with E-state index in [4.69, 9.17) is 4.74 Å². The molecule has 1 atom stereocenters. The number of nitrogens with one attached hydrogen (secondary N) is 1. The van der Waals surface area contributed by atoms with Crippen LogP contribution in [0.4, 0.5) is 0 Å². The molecule has 4 heteroatoms. The number of hydrogen-bond acceptors (Lipinski definition) is 3. The lowest BCUT2D eigenvalue weighted by Crippen LogP contribution is -2.44. The highest BCUT2D eigenvalue weighted by molar-refractivity contribution is 5.79. The van der Waals surface area contributed by atoms with Gasteiger partial charge >= 0.3 is 0 Å². The van der Waals surface area contributed by atoms with E-state index in [-0.39, 0.29) is 11.8 Å². The van der Waals surface area contributed by atoms with Crippen molar-refractivity contribution in [2.24, 2.45) is 5.92 Å². The van der Waals surface area contributed by atoms with Gasteiger partial charge in [-0.1, -0.05) is 12.2 Å². The topological polar surface area (TPSA) is 58.6 Å². The largest absolute Gasteiger partial charge is 0.386 e. The molecule has 0 bridgehead atoms. The Labute approximate surface area is 89.3 Å². The summed E-state index contributed by atoms with van der Waals surface area (Å²) in [6.45, 7) is 1.22. The van der Waals surface area contributed by atoms with Gasteiger partial charge in [0.15, 0.2) is 0 Å². The molecular formula is C11H17NO3. The molecule has 1 aliphatic carbocycles. The van der Waals surface area contributed by atoms with Crippen molar-refractivity contribution in [1.29, 1.82) is 0 Å². The number of rotatable bonds is 3. The first-order chi connectivity index (χ1) is 7.20. The lowest BCUT2D eigenvalue weighted by molar-refractivity contribution is -0.125. The fourth-order valence-electron chi connectivity index (χ4n) is 1.96. The molecule has 0 spiro atoms. The fourth-order valence-corrected chi connectivity index (χ4v) is 1.96. The zero-order valence-electron chi connectivity index (χ0n) is 8.74. The molecule has 1 saturated heterocycles. The van der Waals surface area contributed by atoms with E-state index in [1.165, 1.54) is 0 Å². The van der Waals surface area contributed by atoms with Crippen molar-refractivity contribution in [3.05, 3.63) is 12.2 Å². The number of hydrogen-bond donors (Lipinski definition) is 2. The maximum absolute atomic E-state index is 11.6. The number of carbonyl (C=O) groups excluding carboxylic acids is 1. The molecule has 1 heterocycles. The highest BCUT2D eigenvalue weighted by Crippen LogP contribution is 2.20. The van der Waals surface area contributed by atoms with Gasteiger partial charge in [0.1, 0.15) is 5.60 Å². The van der Waals surface area contributed by atoms with Gasteiger partial charge in [-0.3, -0.25) is 4.79 Å². The van der Waals surface area contributed by atoms with Gasteiger partial charge < -0.3 is 15.2 Å². The third kappa shape index (κ3) is 2.58. The van der Waals surface area contributed by atoms with Crippen molar-refractivity contribution < 1.29 is 14.6 Å². The summed E-state index contributed by atoms with van der Waals surface area (Å²) >= 11 is 0. The molecule has 15 heavy (non-hydrogen) atoms. The molecule has 4 nitrogen and oxygen atoms in total. The smallest absolute Gasteiger partial charge is 0.223 e. The standard InChI is InChI=1S/C11H17NO3/c13-10(9-3-1-2-4-9)12-7-11(14)5-6-15-8-11/h1-2,9,14H,3-8H2,(H,12,13). The molecule has 0 aromatic rings. The Bertz CT molecular complexity index is 261. The van der Waals surface area contributed by atoms with E-state index in [9.17, 15) is 9.90 Å². The van der Waals surface area contributed by atoms with Crippen molar-refractivity contribution in [3.63, 3.8) is 0 Å². The van der Waals surface area contributed by atoms with E-state index in [1.54, 1.807) is 0 Å². The molecule has 0 aromatic carbocycles. The molecule has 2 N–H and O–H groups in total. The third-order valence-corrected chi connectivity index (χ3v) is 3.05. The van der Waals surface area contributed by atoms with Crippen molar-refractivity contribution in [1.82, 2.24) is 5.32 Å². The van der Waals surface area contributed by atoms with Crippen LogP contribution in [0.15, 0.2) is 12.2 Å². The maximum Gasteiger partial charge on any atom is 0.223 e. The Kier molecular flexibility index (Phi) is 3.07. The molecular weight excluding hydrogens is 194 g/mol. The summed E-state index contributed by atoms with van der Waals surface area (Å²) < 4.78 is 5.10. The molecule has 0 saturated carbocycles. The monoisotopic (exact) mass is 211 g/mol. The molecule has 0 radical (unpaired) electrons. The predicted molar refractivity (Wildman–Crippen MR) is 55.3 cm³/mol. The summed E-state index contributed by atoms with van der Waals surface area (Å²) in [4.78, 5) is 11.6. The van der Waals surface area contributed by atoms with Gasteiger partial charge in [-0.05, 0) is 12.8 Å². The van der Waals surface area contributed by atoms with Crippen molar-refractivity contribution in [2.45, 2.75) is 24.9 Å². The van der Waals surface area contributed by atoms with E-state index in [1.807, 2.05) is 12.2 Å². The normalized spacial score (nSPS) is 31.0. The van der Waals surface area contributed by atoms with Gasteiger partial charge in [0, 0.05) is 25.5 Å². The highest BCUT2D eigenvalue weighted by Gasteiger charge is 2.33. The number of ether oxygens (including phenoxy) is 1. The third-order valence-electron chi connectivity index (χ3n) is 3.05. The second-order valence-electron chi connectivity index (χ2n) is 4.38. The van der Waals surface area contributed by atoms with Crippen LogP contribution in [-0.4, -0.2) is 36.4 Å². The summed E-state index contributed by atoms with van der Waals surface area (Å²) in [5.41, 5.74) is -0.846. The molecule has 1 fully saturated rings. The minimum Gasteiger partial charge on any atom is -0.386 e. The summed E-state index contributed by atoms with van der Waals surface area (Å²) in [7, 11) is 0. The lowest BCUT2D eigenvalue weighted by Gasteiger charge is -2.21. The summed E-state index contributed by atoms with van der Waals surface area (Å²) in [5, 5.41) is 12.7. The molecule has 0 aromatic heterocycles. The van der Waals surface area contributed by atoms with Crippen LogP contribution in [0.3, 0.4) is 0 Å². The van der Waals surface area contributed by atoms with Crippen molar-refractivity contribution in [2.75, 3.05) is 19.8 Å². The molecule has 2 rings (SSSR count). The Morgan fingerprint density at radius 1 is 1.53 bits per heavy atom. The molecule has 1 amide bonds. The zero-order valence-corrected chi connectivity index (χ0v) is 8.74. The zero-order chi connectivity index (χ0) is 10.7. The fraction of sp³-hybridized carbons (Fsp3) is 0.727. The Hall–Kier alpha value is -0.870. The Balaban J connectivity index is 1.75. The summed E-state index contributed by atoms with van der Waals surface area (Å²) in [6.07, 6.45) is 6.30. The minimum atomic E-state index is -0.846. The van der Waals surface area contributed by atoms with Gasteiger partial charge in [-0.2, -0.15) is 0 Å². The summed E-state index contributed by atoms with van der Waals surface area (Å²) in [5.74, 6) is 0.108. The maximum atomic E-state index is 11.6. The molecule has 1 unspecified atom stereocenters. The second-order valence-corrected chi connectivity index (χ2v) is 4.38. The summed E-state index contributed by atoms with van der Waals surface area (Å²) in [6, 6.07) is 0. The number of allylic oxidation sites excluding steroid dienone is 2. The van der Waals surface area contributed by atoms with Crippen LogP contribution in [0.2, 0.25) is 0 Å². The van der Waals surface area contributed by atoms with E-state index < -0.39 is 5.60 Å². The highest BCUT2D eigenvalue weighted by atomic mass is 16.5. The first-order valence-electron chi connectivity index (χ1n) is 5.42. The van der Waals surface area contributed by atoms with E-state index in [2.05, 4.69) is 5.32 Å². The van der Waals surface area contributed by atoms with Crippen molar-refractivity contribution >= 4 is 5.91 Å². The van der Waals surface area contributed by atoms with Crippen LogP contribution in [0.1, 0.15) is 19.3 Å². The first-order valence-corrected chi connectivity index (χ1v) is 5.42. The first kappa shape index (κ1) is 10.6. The van der Waals surface area contributed by atoms with Gasteiger partial charge in [-0.25, -0.2) is 0 Å². The lowest BCUT2D eigenvalue weighted by atomic mass is 10.0. The minimum absolute atomic E-state index is 0.0420. The van der Waals surface area contributed by atoms with Crippen LogP contribution in [0.25, 0.3) is 0 Å². The average molecular weight is 211 g/mol.